The van der Waals surface area contributed by atoms with Gasteiger partial charge in [-0.25, -0.2) is 9.69 Å². The maximum absolute atomic E-state index is 12.8. The standard InChI is InChI=1S/C19H13BrClN3O5/c20-14-8-10(1-6-15(14)29-9-16(22)25)7-13-17(26)23-19(28)24(18(13)27)12-4-2-11(21)3-5-12/h1-8H,9H2,(H2,22,25)(H,23,26,28)/b13-7+. The number of nitrogens with one attached hydrogen (secondary N) is 1. The van der Waals surface area contributed by atoms with Crippen molar-refractivity contribution in [3.63, 3.8) is 0 Å². The lowest BCUT2D eigenvalue weighted by Gasteiger charge is -2.26. The van der Waals surface area contributed by atoms with Gasteiger partial charge in [0.05, 0.1) is 10.2 Å². The largest absolute Gasteiger partial charge is 0.483 e. The van der Waals surface area contributed by atoms with Gasteiger partial charge in [-0.3, -0.25) is 19.7 Å². The molecule has 5 amide bonds. The van der Waals surface area contributed by atoms with Gasteiger partial charge in [-0.2, -0.15) is 0 Å². The topological polar surface area (TPSA) is 119 Å². The number of halogens is 2. The first-order chi connectivity index (χ1) is 13.8. The van der Waals surface area contributed by atoms with Crippen LogP contribution in [0, 0.1) is 0 Å². The number of anilines is 1. The van der Waals surface area contributed by atoms with Gasteiger partial charge in [-0.05, 0) is 64.0 Å². The van der Waals surface area contributed by atoms with Gasteiger partial charge in [0.2, 0.25) is 0 Å². The number of hydrogen-bond acceptors (Lipinski definition) is 5. The predicted octanol–water partition coefficient (Wildman–Crippen LogP) is 2.63. The molecule has 2 aromatic rings. The smallest absolute Gasteiger partial charge is 0.335 e. The van der Waals surface area contributed by atoms with E-state index >= 15 is 0 Å². The van der Waals surface area contributed by atoms with E-state index in [4.69, 9.17) is 22.1 Å². The van der Waals surface area contributed by atoms with E-state index in [-0.39, 0.29) is 17.9 Å². The van der Waals surface area contributed by atoms with E-state index in [1.807, 2.05) is 0 Å². The molecule has 3 N–H and O–H groups in total. The van der Waals surface area contributed by atoms with Crippen LogP contribution in [-0.4, -0.2) is 30.4 Å². The number of ether oxygens (including phenoxy) is 1. The van der Waals surface area contributed by atoms with E-state index in [1.54, 1.807) is 18.2 Å². The first-order valence-corrected chi connectivity index (χ1v) is 9.31. The molecular formula is C19H13BrClN3O5. The highest BCUT2D eigenvalue weighted by Gasteiger charge is 2.36. The molecule has 0 aliphatic carbocycles. The van der Waals surface area contributed by atoms with Gasteiger partial charge in [0.15, 0.2) is 6.61 Å². The molecule has 8 nitrogen and oxygen atoms in total. The summed E-state index contributed by atoms with van der Waals surface area (Å²) in [5.41, 5.74) is 5.58. The van der Waals surface area contributed by atoms with Crippen LogP contribution in [0.15, 0.2) is 52.5 Å². The quantitative estimate of drug-likeness (QED) is 0.506. The summed E-state index contributed by atoms with van der Waals surface area (Å²) in [4.78, 5) is 48.9. The Morgan fingerprint density at radius 1 is 1.17 bits per heavy atom. The van der Waals surface area contributed by atoms with Crippen molar-refractivity contribution in [2.75, 3.05) is 11.5 Å². The third-order valence-corrected chi connectivity index (χ3v) is 4.70. The second-order valence-corrected chi connectivity index (χ2v) is 7.17. The molecular weight excluding hydrogens is 466 g/mol. The number of nitrogens with two attached hydrogens (primary N) is 1. The van der Waals surface area contributed by atoms with Crippen LogP contribution in [0.25, 0.3) is 6.08 Å². The average Bonchev–Trinajstić information content (AvgIpc) is 2.65. The molecule has 1 fully saturated rings. The molecule has 0 spiro atoms. The number of rotatable bonds is 5. The molecule has 0 atom stereocenters. The molecule has 0 bridgehead atoms. The van der Waals surface area contributed by atoms with Crippen LogP contribution in [0.5, 0.6) is 5.75 Å². The first kappa shape index (κ1) is 20.6. The number of benzene rings is 2. The highest BCUT2D eigenvalue weighted by molar-refractivity contribution is 9.10. The fourth-order valence-electron chi connectivity index (χ4n) is 2.52. The monoisotopic (exact) mass is 477 g/mol. The highest BCUT2D eigenvalue weighted by atomic mass is 79.9. The van der Waals surface area contributed by atoms with Crippen LogP contribution >= 0.6 is 27.5 Å². The number of hydrogen-bond donors (Lipinski definition) is 2. The van der Waals surface area contributed by atoms with Crippen molar-refractivity contribution in [3.05, 3.63) is 63.1 Å². The maximum atomic E-state index is 12.8. The van der Waals surface area contributed by atoms with Gasteiger partial charge in [-0.1, -0.05) is 17.7 Å². The molecule has 3 rings (SSSR count). The number of carbonyl (C=O) groups excluding carboxylic acids is 4. The molecule has 0 aromatic heterocycles. The Morgan fingerprint density at radius 2 is 1.86 bits per heavy atom. The summed E-state index contributed by atoms with van der Waals surface area (Å²) >= 11 is 9.13. The maximum Gasteiger partial charge on any atom is 0.335 e. The summed E-state index contributed by atoms with van der Waals surface area (Å²) in [6.07, 6.45) is 1.34. The fourth-order valence-corrected chi connectivity index (χ4v) is 3.16. The number of carbonyl (C=O) groups is 4. The molecule has 0 unspecified atom stereocenters. The second-order valence-electron chi connectivity index (χ2n) is 5.88. The van der Waals surface area contributed by atoms with Crippen LogP contribution in [0.4, 0.5) is 10.5 Å². The minimum atomic E-state index is -0.851. The average molecular weight is 479 g/mol. The van der Waals surface area contributed by atoms with Crippen LogP contribution < -0.4 is 20.7 Å². The van der Waals surface area contributed by atoms with Crippen LogP contribution in [0.3, 0.4) is 0 Å². The van der Waals surface area contributed by atoms with Crippen molar-refractivity contribution >= 4 is 63.0 Å². The van der Waals surface area contributed by atoms with Crippen LogP contribution in [0.1, 0.15) is 5.56 Å². The molecule has 29 heavy (non-hydrogen) atoms. The number of amides is 5. The number of barbiturate groups is 1. The molecule has 1 heterocycles. The zero-order chi connectivity index (χ0) is 21.1. The lowest BCUT2D eigenvalue weighted by molar-refractivity contribution is -0.123. The molecule has 10 heteroatoms. The van der Waals surface area contributed by atoms with Crippen molar-refractivity contribution in [1.82, 2.24) is 5.32 Å². The summed E-state index contributed by atoms with van der Waals surface area (Å²) in [5.74, 6) is -1.84. The fraction of sp³-hybridized carbons (Fsp3) is 0.0526. The van der Waals surface area contributed by atoms with Crippen molar-refractivity contribution in [2.45, 2.75) is 0 Å². The molecule has 1 saturated heterocycles. The summed E-state index contributed by atoms with van der Waals surface area (Å²) < 4.78 is 5.72. The summed E-state index contributed by atoms with van der Waals surface area (Å²) in [6.45, 7) is -0.294. The normalized spacial score (nSPS) is 15.4. The first-order valence-electron chi connectivity index (χ1n) is 8.14. The number of imide groups is 2. The van der Waals surface area contributed by atoms with Gasteiger partial charge >= 0.3 is 6.03 Å². The second kappa shape index (κ2) is 8.46. The lowest BCUT2D eigenvalue weighted by atomic mass is 10.1. The molecule has 1 aliphatic heterocycles. The van der Waals surface area contributed by atoms with Crippen LogP contribution in [0.2, 0.25) is 5.02 Å². The van der Waals surface area contributed by atoms with Gasteiger partial charge in [0, 0.05) is 5.02 Å². The molecule has 2 aromatic carbocycles. The third kappa shape index (κ3) is 4.64. The number of nitrogens with zero attached hydrogens (tertiary/aromatic N) is 1. The van der Waals surface area contributed by atoms with E-state index in [2.05, 4.69) is 21.2 Å². The Hall–Kier alpha value is -3.17. The summed E-state index contributed by atoms with van der Waals surface area (Å²) in [7, 11) is 0. The van der Waals surface area contributed by atoms with Gasteiger partial charge in [-0.15, -0.1) is 0 Å². The van der Waals surface area contributed by atoms with E-state index in [1.165, 1.54) is 30.3 Å². The van der Waals surface area contributed by atoms with E-state index in [0.29, 0.717) is 20.8 Å². The third-order valence-electron chi connectivity index (χ3n) is 3.82. The highest BCUT2D eigenvalue weighted by Crippen LogP contribution is 2.28. The van der Waals surface area contributed by atoms with E-state index in [9.17, 15) is 19.2 Å². The molecule has 1 aliphatic rings. The molecule has 0 radical (unpaired) electrons. The zero-order valence-electron chi connectivity index (χ0n) is 14.6. The summed E-state index contributed by atoms with van der Waals surface area (Å²) in [5, 5.41) is 2.58. The Morgan fingerprint density at radius 3 is 2.48 bits per heavy atom. The Balaban J connectivity index is 1.91. The Kier molecular flexibility index (Phi) is 6.00. The van der Waals surface area contributed by atoms with Gasteiger partial charge in [0.25, 0.3) is 17.7 Å². The van der Waals surface area contributed by atoms with Crippen molar-refractivity contribution < 1.29 is 23.9 Å². The SMILES string of the molecule is NC(=O)COc1ccc(/C=C2\C(=O)NC(=O)N(c3ccc(Cl)cc3)C2=O)cc1Br. The molecule has 0 saturated carbocycles. The predicted molar refractivity (Wildman–Crippen MR) is 109 cm³/mol. The number of urea groups is 1. The van der Waals surface area contributed by atoms with E-state index < -0.39 is 23.8 Å². The van der Waals surface area contributed by atoms with Crippen molar-refractivity contribution in [3.8, 4) is 5.75 Å². The molecule has 148 valence electrons. The number of primary amides is 1. The Labute approximate surface area is 178 Å². The minimum Gasteiger partial charge on any atom is -0.483 e. The Bertz CT molecular complexity index is 1050. The summed E-state index contributed by atoms with van der Waals surface area (Å²) in [6, 6.07) is 9.91. The van der Waals surface area contributed by atoms with Gasteiger partial charge in [0.1, 0.15) is 11.3 Å². The van der Waals surface area contributed by atoms with Crippen molar-refractivity contribution in [1.29, 1.82) is 0 Å². The lowest BCUT2D eigenvalue weighted by Crippen LogP contribution is -2.54. The minimum absolute atomic E-state index is 0.225. The van der Waals surface area contributed by atoms with Gasteiger partial charge < -0.3 is 10.5 Å². The van der Waals surface area contributed by atoms with Crippen LogP contribution in [-0.2, 0) is 14.4 Å². The van der Waals surface area contributed by atoms with Crippen molar-refractivity contribution in [2.24, 2.45) is 5.73 Å². The zero-order valence-corrected chi connectivity index (χ0v) is 17.0. The van der Waals surface area contributed by atoms with E-state index in [0.717, 1.165) is 4.90 Å².